The third-order valence-corrected chi connectivity index (χ3v) is 9.89. The zero-order chi connectivity index (χ0) is 26.5. The lowest BCUT2D eigenvalue weighted by atomic mass is 10.3. The van der Waals surface area contributed by atoms with Crippen LogP contribution in [0.2, 0.25) is 0 Å². The Morgan fingerprint density at radius 1 is 0.553 bits per heavy atom. The monoisotopic (exact) mass is 519 g/mol. The molecule has 8 heteroatoms. The number of nitrogens with zero attached hydrogens (tertiary/aromatic N) is 5. The van der Waals surface area contributed by atoms with Gasteiger partial charge in [-0.25, -0.2) is 9.54 Å². The Morgan fingerprint density at radius 2 is 0.974 bits per heavy atom. The quantitative estimate of drug-likeness (QED) is 0.225. The first kappa shape index (κ1) is 25.1. The second kappa shape index (κ2) is 10.8. The molecular weight excluding hydrogens is 493 g/mol. The van der Waals surface area contributed by atoms with Crippen LogP contribution in [0.25, 0.3) is 0 Å². The van der Waals surface area contributed by atoms with Gasteiger partial charge in [0.05, 0.1) is 12.7 Å². The van der Waals surface area contributed by atoms with Gasteiger partial charge in [-0.15, -0.1) is 5.11 Å². The highest BCUT2D eigenvalue weighted by atomic mass is 31.2. The lowest BCUT2D eigenvalue weighted by Gasteiger charge is -2.27. The Labute approximate surface area is 220 Å². The smallest absolute Gasteiger partial charge is 0.279 e. The Kier molecular flexibility index (Phi) is 7.11. The normalized spacial score (nSPS) is 11.5. The van der Waals surface area contributed by atoms with Crippen molar-refractivity contribution in [2.75, 3.05) is 0 Å². The minimum atomic E-state index is -2.76. The largest absolute Gasteiger partial charge is 0.332 e. The van der Waals surface area contributed by atoms with Gasteiger partial charge < -0.3 is 0 Å². The average Bonchev–Trinajstić information content (AvgIpc) is 2.99. The van der Waals surface area contributed by atoms with Gasteiger partial charge in [0.25, 0.3) is 5.56 Å². The molecule has 5 rings (SSSR count). The van der Waals surface area contributed by atoms with Crippen LogP contribution in [-0.2, 0) is 14.1 Å². The molecule has 0 amide bonds. The van der Waals surface area contributed by atoms with Gasteiger partial charge >= 0.3 is 5.69 Å². The molecule has 0 bridgehead atoms. The molecule has 1 heterocycles. The topological polar surface area (TPSA) is 81.1 Å². The van der Waals surface area contributed by atoms with Gasteiger partial charge in [0.2, 0.25) is 0 Å². The van der Waals surface area contributed by atoms with Crippen LogP contribution in [0.5, 0.6) is 0 Å². The molecular formula is C30H26N5O2P. The number of azo groups is 1. The van der Waals surface area contributed by atoms with Crippen LogP contribution < -0.4 is 27.2 Å². The van der Waals surface area contributed by atoms with Crippen molar-refractivity contribution in [3.05, 3.63) is 142 Å². The van der Waals surface area contributed by atoms with Crippen LogP contribution in [-0.4, -0.2) is 9.13 Å². The Bertz CT molecular complexity index is 1660. The number of rotatable bonds is 6. The molecule has 0 unspecified atom stereocenters. The minimum absolute atomic E-state index is 0.00521. The van der Waals surface area contributed by atoms with E-state index < -0.39 is 18.3 Å². The van der Waals surface area contributed by atoms with E-state index in [1.165, 1.54) is 11.6 Å². The Balaban J connectivity index is 1.94. The molecule has 4 aromatic carbocycles. The first-order valence-electron chi connectivity index (χ1n) is 12.1. The fraction of sp³-hybridized carbons (Fsp3) is 0.0667. The summed E-state index contributed by atoms with van der Waals surface area (Å²) in [5.74, 6) is 0.183. The third-order valence-electron chi connectivity index (χ3n) is 6.27. The van der Waals surface area contributed by atoms with Crippen molar-refractivity contribution in [1.29, 1.82) is 0 Å². The van der Waals surface area contributed by atoms with Gasteiger partial charge in [0.1, 0.15) is 0 Å². The molecule has 0 N–H and O–H groups in total. The number of aromatic nitrogens is 2. The molecule has 188 valence electrons. The predicted molar refractivity (Wildman–Crippen MR) is 155 cm³/mol. The van der Waals surface area contributed by atoms with Crippen LogP contribution in [0.1, 0.15) is 0 Å². The highest BCUT2D eigenvalue weighted by molar-refractivity contribution is 7.87. The standard InChI is InChI=1S/C30H26N5O2P/c1-34-28(27(29(36)35(2)30(34)37)32-31-23-15-7-3-8-16-23)33-38(24-17-9-4-10-18-24,25-19-11-5-12-20-25)26-21-13-6-14-22-26/h3-22H,1-2H3. The molecule has 7 nitrogen and oxygen atoms in total. The van der Waals surface area contributed by atoms with Crippen LogP contribution in [0.4, 0.5) is 17.2 Å². The zero-order valence-corrected chi connectivity index (χ0v) is 21.9. The lowest BCUT2D eigenvalue weighted by Crippen LogP contribution is -2.36. The summed E-state index contributed by atoms with van der Waals surface area (Å²) in [6.07, 6.45) is 0. The summed E-state index contributed by atoms with van der Waals surface area (Å²) in [5.41, 5.74) is -0.450. The van der Waals surface area contributed by atoms with E-state index in [0.717, 1.165) is 20.5 Å². The molecule has 0 saturated heterocycles. The average molecular weight is 520 g/mol. The first-order valence-corrected chi connectivity index (χ1v) is 13.8. The maximum Gasteiger partial charge on any atom is 0.332 e. The highest BCUT2D eigenvalue weighted by Gasteiger charge is 2.29. The van der Waals surface area contributed by atoms with Crippen molar-refractivity contribution >= 4 is 40.2 Å². The SMILES string of the molecule is Cn1c(N=P(c2ccccc2)(c2ccccc2)c2ccccc2)c(N=Nc2ccccc2)c(=O)n(C)c1=O. The number of hydrogen-bond donors (Lipinski definition) is 0. The fourth-order valence-electron chi connectivity index (χ4n) is 4.31. The summed E-state index contributed by atoms with van der Waals surface area (Å²) in [5, 5.41) is 11.6. The van der Waals surface area contributed by atoms with Crippen molar-refractivity contribution < 1.29 is 0 Å². The molecule has 0 aliphatic rings. The number of benzene rings is 4. The Hall–Kier alpha value is -4.61. The maximum atomic E-state index is 13.4. The number of hydrogen-bond acceptors (Lipinski definition) is 5. The van der Waals surface area contributed by atoms with E-state index in [1.54, 1.807) is 19.2 Å². The maximum absolute atomic E-state index is 13.4. The molecule has 0 atom stereocenters. The second-order valence-electron chi connectivity index (χ2n) is 8.66. The molecule has 0 radical (unpaired) electrons. The minimum Gasteiger partial charge on any atom is -0.279 e. The van der Waals surface area contributed by atoms with Gasteiger partial charge in [-0.1, -0.05) is 109 Å². The first-order chi connectivity index (χ1) is 18.5. The predicted octanol–water partition coefficient (Wildman–Crippen LogP) is 5.31. The third kappa shape index (κ3) is 4.60. The summed E-state index contributed by atoms with van der Waals surface area (Å²) in [6, 6.07) is 39.2. The van der Waals surface area contributed by atoms with Crippen LogP contribution in [0.15, 0.2) is 146 Å². The van der Waals surface area contributed by atoms with E-state index in [-0.39, 0.29) is 11.5 Å². The van der Waals surface area contributed by atoms with E-state index >= 15 is 0 Å². The zero-order valence-electron chi connectivity index (χ0n) is 21.0. The van der Waals surface area contributed by atoms with Crippen LogP contribution >= 0.6 is 7.05 Å². The molecule has 0 aliphatic carbocycles. The molecule has 38 heavy (non-hydrogen) atoms. The van der Waals surface area contributed by atoms with E-state index in [9.17, 15) is 9.59 Å². The summed E-state index contributed by atoms with van der Waals surface area (Å²) < 4.78 is 7.80. The van der Waals surface area contributed by atoms with Gasteiger partial charge in [0, 0.05) is 30.0 Å². The van der Waals surface area contributed by atoms with Crippen LogP contribution in [0.3, 0.4) is 0 Å². The van der Waals surface area contributed by atoms with Gasteiger partial charge in [-0.2, -0.15) is 5.11 Å². The van der Waals surface area contributed by atoms with E-state index in [2.05, 4.69) is 10.2 Å². The van der Waals surface area contributed by atoms with E-state index in [0.29, 0.717) is 5.69 Å². The lowest BCUT2D eigenvalue weighted by molar-refractivity contribution is 0.689. The second-order valence-corrected chi connectivity index (χ2v) is 11.7. The molecule has 0 fully saturated rings. The molecule has 0 spiro atoms. The van der Waals surface area contributed by atoms with Gasteiger partial charge in [-0.05, 0) is 12.1 Å². The molecule has 5 aromatic rings. The van der Waals surface area contributed by atoms with Gasteiger partial charge in [-0.3, -0.25) is 13.9 Å². The summed E-state index contributed by atoms with van der Waals surface area (Å²) in [6.45, 7) is 0. The van der Waals surface area contributed by atoms with E-state index in [1.807, 2.05) is 109 Å². The van der Waals surface area contributed by atoms with Crippen molar-refractivity contribution in [2.24, 2.45) is 29.1 Å². The summed E-state index contributed by atoms with van der Waals surface area (Å²) >= 11 is 0. The van der Waals surface area contributed by atoms with Crippen molar-refractivity contribution in [3.8, 4) is 0 Å². The van der Waals surface area contributed by atoms with Gasteiger partial charge in [0.15, 0.2) is 11.5 Å². The molecule has 0 aliphatic heterocycles. The van der Waals surface area contributed by atoms with Crippen molar-refractivity contribution in [1.82, 2.24) is 9.13 Å². The summed E-state index contributed by atoms with van der Waals surface area (Å²) in [7, 11) is 0.279. The van der Waals surface area contributed by atoms with Crippen molar-refractivity contribution in [3.63, 3.8) is 0 Å². The Morgan fingerprint density at radius 3 is 1.42 bits per heavy atom. The van der Waals surface area contributed by atoms with Crippen LogP contribution in [0, 0.1) is 0 Å². The molecule has 0 saturated carbocycles. The highest BCUT2D eigenvalue weighted by Crippen LogP contribution is 2.50. The fourth-order valence-corrected chi connectivity index (χ4v) is 7.88. The van der Waals surface area contributed by atoms with Crippen molar-refractivity contribution in [2.45, 2.75) is 0 Å². The molecule has 1 aromatic heterocycles. The van der Waals surface area contributed by atoms with E-state index in [4.69, 9.17) is 4.74 Å². The summed E-state index contributed by atoms with van der Waals surface area (Å²) in [4.78, 5) is 26.6.